The normalized spacial score (nSPS) is 17.6. The summed E-state index contributed by atoms with van der Waals surface area (Å²) in [6.45, 7) is 3.24. The standard InChI is InChI=1S/C12H16ClN3O2/c13-10-8-9(12(14)15-17)2-3-11(10)16-4-1-6-18-7-5-16/h2-3,8,17H,1,4-7H2,(H2,14,15). The molecule has 5 nitrogen and oxygen atoms in total. The Labute approximate surface area is 111 Å². The molecule has 0 aliphatic carbocycles. The molecule has 1 aromatic carbocycles. The predicted molar refractivity (Wildman–Crippen MR) is 71.6 cm³/mol. The van der Waals surface area contributed by atoms with Crippen molar-refractivity contribution in [1.29, 1.82) is 0 Å². The second-order valence-electron chi connectivity index (χ2n) is 4.10. The molecule has 3 N–H and O–H groups in total. The summed E-state index contributed by atoms with van der Waals surface area (Å²) >= 11 is 6.24. The van der Waals surface area contributed by atoms with Gasteiger partial charge in [-0.15, -0.1) is 0 Å². The molecule has 0 radical (unpaired) electrons. The lowest BCUT2D eigenvalue weighted by atomic mass is 10.1. The highest BCUT2D eigenvalue weighted by atomic mass is 35.5. The van der Waals surface area contributed by atoms with Gasteiger partial charge in [-0.3, -0.25) is 0 Å². The molecule has 1 fully saturated rings. The van der Waals surface area contributed by atoms with Gasteiger partial charge in [-0.2, -0.15) is 0 Å². The van der Waals surface area contributed by atoms with Gasteiger partial charge in [0.2, 0.25) is 0 Å². The number of halogens is 1. The number of anilines is 1. The molecule has 1 aromatic rings. The molecule has 0 aromatic heterocycles. The number of benzene rings is 1. The Hall–Kier alpha value is -1.46. The molecular weight excluding hydrogens is 254 g/mol. The Morgan fingerprint density at radius 1 is 1.39 bits per heavy atom. The lowest BCUT2D eigenvalue weighted by molar-refractivity contribution is 0.152. The Morgan fingerprint density at radius 3 is 2.94 bits per heavy atom. The molecule has 18 heavy (non-hydrogen) atoms. The van der Waals surface area contributed by atoms with Crippen molar-refractivity contribution in [2.75, 3.05) is 31.2 Å². The van der Waals surface area contributed by atoms with Crippen LogP contribution in [0.3, 0.4) is 0 Å². The largest absolute Gasteiger partial charge is 0.409 e. The first-order valence-electron chi connectivity index (χ1n) is 5.82. The minimum absolute atomic E-state index is 0.0580. The van der Waals surface area contributed by atoms with Crippen molar-refractivity contribution < 1.29 is 9.94 Å². The number of ether oxygens (including phenoxy) is 1. The first kappa shape index (κ1) is 13.0. The van der Waals surface area contributed by atoms with Gasteiger partial charge in [-0.25, -0.2) is 0 Å². The van der Waals surface area contributed by atoms with Crippen LogP contribution in [0.2, 0.25) is 5.02 Å². The number of amidine groups is 1. The molecule has 2 rings (SSSR count). The van der Waals surface area contributed by atoms with Crippen molar-refractivity contribution in [1.82, 2.24) is 0 Å². The molecule has 0 spiro atoms. The smallest absolute Gasteiger partial charge is 0.170 e. The van der Waals surface area contributed by atoms with Crippen LogP contribution < -0.4 is 10.6 Å². The van der Waals surface area contributed by atoms with E-state index in [0.29, 0.717) is 17.2 Å². The Morgan fingerprint density at radius 2 is 2.22 bits per heavy atom. The van der Waals surface area contributed by atoms with Crippen LogP contribution in [0.25, 0.3) is 0 Å². The van der Waals surface area contributed by atoms with E-state index in [4.69, 9.17) is 27.3 Å². The van der Waals surface area contributed by atoms with Crippen LogP contribution in [-0.2, 0) is 4.74 Å². The molecule has 1 aliphatic heterocycles. The van der Waals surface area contributed by atoms with Crippen molar-refractivity contribution >= 4 is 23.1 Å². The van der Waals surface area contributed by atoms with Crippen LogP contribution >= 0.6 is 11.6 Å². The van der Waals surface area contributed by atoms with Gasteiger partial charge in [0.25, 0.3) is 0 Å². The number of hydrogen-bond donors (Lipinski definition) is 2. The fraction of sp³-hybridized carbons (Fsp3) is 0.417. The Bertz CT molecular complexity index is 443. The highest BCUT2D eigenvalue weighted by Crippen LogP contribution is 2.27. The highest BCUT2D eigenvalue weighted by molar-refractivity contribution is 6.33. The summed E-state index contributed by atoms with van der Waals surface area (Å²) in [7, 11) is 0. The van der Waals surface area contributed by atoms with Gasteiger partial charge >= 0.3 is 0 Å². The van der Waals surface area contributed by atoms with Crippen molar-refractivity contribution in [3.05, 3.63) is 28.8 Å². The van der Waals surface area contributed by atoms with Crippen molar-refractivity contribution in [2.24, 2.45) is 10.9 Å². The lowest BCUT2D eigenvalue weighted by Gasteiger charge is -2.23. The van der Waals surface area contributed by atoms with E-state index in [-0.39, 0.29) is 5.84 Å². The second kappa shape index (κ2) is 5.93. The van der Waals surface area contributed by atoms with Crippen LogP contribution in [0.4, 0.5) is 5.69 Å². The van der Waals surface area contributed by atoms with Gasteiger partial charge in [0.05, 0.1) is 17.3 Å². The van der Waals surface area contributed by atoms with E-state index in [1.807, 2.05) is 6.07 Å². The van der Waals surface area contributed by atoms with E-state index in [2.05, 4.69) is 10.1 Å². The zero-order valence-corrected chi connectivity index (χ0v) is 10.7. The molecule has 98 valence electrons. The van der Waals surface area contributed by atoms with Gasteiger partial charge in [-0.1, -0.05) is 16.8 Å². The second-order valence-corrected chi connectivity index (χ2v) is 4.51. The highest BCUT2D eigenvalue weighted by Gasteiger charge is 2.14. The average molecular weight is 270 g/mol. The minimum Gasteiger partial charge on any atom is -0.409 e. The van der Waals surface area contributed by atoms with Gasteiger partial charge in [0.15, 0.2) is 5.84 Å². The molecule has 0 amide bonds. The molecule has 1 saturated heterocycles. The molecule has 0 unspecified atom stereocenters. The molecule has 1 heterocycles. The quantitative estimate of drug-likeness (QED) is 0.371. The maximum Gasteiger partial charge on any atom is 0.170 e. The van der Waals surface area contributed by atoms with E-state index in [9.17, 15) is 0 Å². The third kappa shape index (κ3) is 2.86. The van der Waals surface area contributed by atoms with E-state index in [1.54, 1.807) is 12.1 Å². The van der Waals surface area contributed by atoms with Gasteiger partial charge in [-0.05, 0) is 24.6 Å². The van der Waals surface area contributed by atoms with Crippen LogP contribution in [0.15, 0.2) is 23.4 Å². The van der Waals surface area contributed by atoms with Crippen LogP contribution in [0, 0.1) is 0 Å². The summed E-state index contributed by atoms with van der Waals surface area (Å²) in [6.07, 6.45) is 0.984. The topological polar surface area (TPSA) is 71.1 Å². The van der Waals surface area contributed by atoms with Gasteiger partial charge < -0.3 is 20.6 Å². The Kier molecular flexibility index (Phi) is 4.28. The lowest BCUT2D eigenvalue weighted by Crippen LogP contribution is -2.26. The first-order chi connectivity index (χ1) is 8.72. The summed E-state index contributed by atoms with van der Waals surface area (Å²) < 4.78 is 5.41. The molecule has 0 atom stereocenters. The van der Waals surface area contributed by atoms with E-state index in [1.165, 1.54) is 0 Å². The average Bonchev–Trinajstić information content (AvgIpc) is 2.66. The van der Waals surface area contributed by atoms with Gasteiger partial charge in [0.1, 0.15) is 0 Å². The van der Waals surface area contributed by atoms with Crippen LogP contribution in [-0.4, -0.2) is 37.3 Å². The fourth-order valence-corrected chi connectivity index (χ4v) is 2.27. The minimum atomic E-state index is 0.0580. The SMILES string of the molecule is NC(=NO)c1ccc(N2CCCOCC2)c(Cl)c1. The van der Waals surface area contributed by atoms with Crippen LogP contribution in [0.1, 0.15) is 12.0 Å². The van der Waals surface area contributed by atoms with E-state index < -0.39 is 0 Å². The van der Waals surface area contributed by atoms with Crippen molar-refractivity contribution in [3.8, 4) is 0 Å². The third-order valence-electron chi connectivity index (χ3n) is 2.91. The monoisotopic (exact) mass is 269 g/mol. The third-order valence-corrected chi connectivity index (χ3v) is 3.22. The summed E-state index contributed by atoms with van der Waals surface area (Å²) in [4.78, 5) is 2.19. The zero-order chi connectivity index (χ0) is 13.0. The summed E-state index contributed by atoms with van der Waals surface area (Å²) in [5, 5.41) is 12.2. The molecule has 0 bridgehead atoms. The molecule has 6 heteroatoms. The molecular formula is C12H16ClN3O2. The molecule has 0 saturated carbocycles. The first-order valence-corrected chi connectivity index (χ1v) is 6.20. The maximum atomic E-state index is 8.63. The van der Waals surface area contributed by atoms with E-state index >= 15 is 0 Å². The zero-order valence-electron chi connectivity index (χ0n) is 9.97. The summed E-state index contributed by atoms with van der Waals surface area (Å²) in [5.41, 5.74) is 7.09. The maximum absolute atomic E-state index is 8.63. The fourth-order valence-electron chi connectivity index (χ4n) is 1.97. The van der Waals surface area contributed by atoms with Crippen molar-refractivity contribution in [2.45, 2.75) is 6.42 Å². The molecule has 1 aliphatic rings. The number of nitrogens with zero attached hydrogens (tertiary/aromatic N) is 2. The van der Waals surface area contributed by atoms with E-state index in [0.717, 1.165) is 31.8 Å². The summed E-state index contributed by atoms with van der Waals surface area (Å²) in [6, 6.07) is 5.39. The van der Waals surface area contributed by atoms with Gasteiger partial charge in [0, 0.05) is 25.3 Å². The summed E-state index contributed by atoms with van der Waals surface area (Å²) in [5.74, 6) is 0.0580. The number of nitrogens with two attached hydrogens (primary N) is 1. The predicted octanol–water partition coefficient (Wildman–Crippen LogP) is 1.66. The van der Waals surface area contributed by atoms with Crippen LogP contribution in [0.5, 0.6) is 0 Å². The number of hydrogen-bond acceptors (Lipinski definition) is 4. The number of oxime groups is 1. The Balaban J connectivity index is 2.23. The number of rotatable bonds is 2. The van der Waals surface area contributed by atoms with Crippen molar-refractivity contribution in [3.63, 3.8) is 0 Å².